The molecule has 2 heterocycles. The Bertz CT molecular complexity index is 781. The molecule has 2 aromatic rings. The topological polar surface area (TPSA) is 75.6 Å². The van der Waals surface area contributed by atoms with Crippen molar-refractivity contribution >= 4 is 11.8 Å². The van der Waals surface area contributed by atoms with E-state index in [-0.39, 0.29) is 24.2 Å². The van der Waals surface area contributed by atoms with Gasteiger partial charge >= 0.3 is 0 Å². The minimum atomic E-state index is -0.334. The molecule has 0 aliphatic carbocycles. The molecule has 1 aromatic heterocycles. The average molecular weight is 354 g/mol. The number of likely N-dealkylation sites (tertiary alicyclic amines) is 1. The van der Waals surface area contributed by atoms with Gasteiger partial charge in [0.05, 0.1) is 31.5 Å². The first-order valence-electron chi connectivity index (χ1n) is 8.48. The predicted octanol–water partition coefficient (Wildman–Crippen LogP) is 1.49. The van der Waals surface area contributed by atoms with Crippen LogP contribution in [0.2, 0.25) is 0 Å². The third-order valence-corrected chi connectivity index (χ3v) is 4.51. The van der Waals surface area contributed by atoms with Crippen molar-refractivity contribution in [3.63, 3.8) is 0 Å². The lowest BCUT2D eigenvalue weighted by molar-refractivity contribution is -0.135. The summed E-state index contributed by atoms with van der Waals surface area (Å²) in [6.45, 7) is 1.24. The molecule has 1 aromatic carbocycles. The van der Waals surface area contributed by atoms with Crippen LogP contribution in [0.5, 0.6) is 5.75 Å². The second-order valence-electron chi connectivity index (χ2n) is 6.38. The van der Waals surface area contributed by atoms with Crippen LogP contribution in [0.1, 0.15) is 17.7 Å². The third-order valence-electron chi connectivity index (χ3n) is 4.51. The molecule has 7 nitrogen and oxygen atoms in total. The van der Waals surface area contributed by atoms with Gasteiger partial charge in [-0.25, -0.2) is 0 Å². The average Bonchev–Trinajstić information content (AvgIpc) is 3.03. The Morgan fingerprint density at radius 3 is 2.88 bits per heavy atom. The molecule has 7 heteroatoms. The molecule has 0 unspecified atom stereocenters. The number of hydrogen-bond acceptors (Lipinski definition) is 5. The van der Waals surface area contributed by atoms with Gasteiger partial charge in [-0.05, 0) is 6.07 Å². The van der Waals surface area contributed by atoms with Gasteiger partial charge in [0, 0.05) is 44.5 Å². The van der Waals surface area contributed by atoms with E-state index >= 15 is 0 Å². The molecule has 1 aliphatic heterocycles. The fourth-order valence-corrected chi connectivity index (χ4v) is 3.17. The molecule has 0 saturated carbocycles. The quantitative estimate of drug-likeness (QED) is 0.786. The zero-order valence-electron chi connectivity index (χ0n) is 15.0. The minimum absolute atomic E-state index is 0.0119. The number of ether oxygens (including phenoxy) is 1. The largest absolute Gasteiger partial charge is 0.496 e. The van der Waals surface area contributed by atoms with Crippen LogP contribution >= 0.6 is 0 Å². The number of nitrogens with zero attached hydrogens (tertiary/aromatic N) is 4. The van der Waals surface area contributed by atoms with Crippen LogP contribution in [-0.2, 0) is 22.7 Å². The fourth-order valence-electron chi connectivity index (χ4n) is 3.17. The molecule has 1 fully saturated rings. The van der Waals surface area contributed by atoms with Gasteiger partial charge in [0.15, 0.2) is 0 Å². The fraction of sp³-hybridized carbons (Fsp3) is 0.368. The van der Waals surface area contributed by atoms with Gasteiger partial charge < -0.3 is 14.5 Å². The van der Waals surface area contributed by atoms with E-state index in [9.17, 15) is 9.59 Å². The summed E-state index contributed by atoms with van der Waals surface area (Å²) < 4.78 is 5.34. The van der Waals surface area contributed by atoms with E-state index in [2.05, 4.69) is 9.97 Å². The Labute approximate surface area is 152 Å². The number of carbonyl (C=O) groups excluding carboxylic acids is 2. The molecule has 1 saturated heterocycles. The number of benzene rings is 1. The molecule has 0 spiro atoms. The van der Waals surface area contributed by atoms with Gasteiger partial charge in [-0.15, -0.1) is 0 Å². The number of amides is 2. The molecule has 3 rings (SSSR count). The van der Waals surface area contributed by atoms with Crippen LogP contribution in [0.25, 0.3) is 0 Å². The SMILES string of the molecule is COc1ccccc1CN1C[C@H](C(=O)N(C)Cc2cnccn2)CC1=O. The molecule has 0 bridgehead atoms. The van der Waals surface area contributed by atoms with Crippen molar-refractivity contribution < 1.29 is 14.3 Å². The van der Waals surface area contributed by atoms with Gasteiger partial charge in [0.2, 0.25) is 11.8 Å². The smallest absolute Gasteiger partial charge is 0.228 e. The molecule has 136 valence electrons. The Morgan fingerprint density at radius 1 is 1.35 bits per heavy atom. The van der Waals surface area contributed by atoms with E-state index < -0.39 is 0 Å². The van der Waals surface area contributed by atoms with Crippen molar-refractivity contribution in [3.8, 4) is 5.75 Å². The molecule has 26 heavy (non-hydrogen) atoms. The summed E-state index contributed by atoms with van der Waals surface area (Å²) in [6.07, 6.45) is 5.06. The lowest BCUT2D eigenvalue weighted by Gasteiger charge is -2.21. The van der Waals surface area contributed by atoms with E-state index in [1.165, 1.54) is 0 Å². The molecule has 1 atom stereocenters. The van der Waals surface area contributed by atoms with E-state index in [4.69, 9.17) is 4.74 Å². The standard InChI is InChI=1S/C19H22N4O3/c1-22(13-16-10-20-7-8-21-16)19(25)15-9-18(24)23(12-15)11-14-5-3-4-6-17(14)26-2/h3-8,10,15H,9,11-13H2,1-2H3/t15-/m1/s1. The first-order valence-corrected chi connectivity index (χ1v) is 8.48. The highest BCUT2D eigenvalue weighted by atomic mass is 16.5. The molecular formula is C19H22N4O3. The maximum absolute atomic E-state index is 12.7. The highest BCUT2D eigenvalue weighted by Crippen LogP contribution is 2.25. The van der Waals surface area contributed by atoms with Crippen molar-refractivity contribution in [2.45, 2.75) is 19.5 Å². The van der Waals surface area contributed by atoms with Crippen LogP contribution in [0.4, 0.5) is 0 Å². The van der Waals surface area contributed by atoms with Crippen molar-refractivity contribution in [1.29, 1.82) is 0 Å². The van der Waals surface area contributed by atoms with Crippen LogP contribution < -0.4 is 4.74 Å². The number of carbonyl (C=O) groups is 2. The maximum atomic E-state index is 12.7. The first kappa shape index (κ1) is 17.8. The first-order chi connectivity index (χ1) is 12.6. The summed E-state index contributed by atoms with van der Waals surface area (Å²) in [5.41, 5.74) is 1.66. The second kappa shape index (κ2) is 7.95. The minimum Gasteiger partial charge on any atom is -0.496 e. The molecule has 0 radical (unpaired) electrons. The molecule has 2 amide bonds. The normalized spacial score (nSPS) is 16.6. The highest BCUT2D eigenvalue weighted by molar-refractivity contribution is 5.89. The Kier molecular flexibility index (Phi) is 5.46. The van der Waals surface area contributed by atoms with Gasteiger partial charge in [-0.3, -0.25) is 19.6 Å². The van der Waals surface area contributed by atoms with Crippen LogP contribution in [0, 0.1) is 5.92 Å². The number of hydrogen-bond donors (Lipinski definition) is 0. The summed E-state index contributed by atoms with van der Waals surface area (Å²) >= 11 is 0. The van der Waals surface area contributed by atoms with Crippen molar-refractivity contribution in [2.24, 2.45) is 5.92 Å². The molecule has 0 N–H and O–H groups in total. The van der Waals surface area contributed by atoms with Crippen LogP contribution in [0.15, 0.2) is 42.9 Å². The summed E-state index contributed by atoms with van der Waals surface area (Å²) in [4.78, 5) is 36.6. The second-order valence-corrected chi connectivity index (χ2v) is 6.38. The van der Waals surface area contributed by atoms with Crippen LogP contribution in [0.3, 0.4) is 0 Å². The predicted molar refractivity (Wildman–Crippen MR) is 95.0 cm³/mol. The van der Waals surface area contributed by atoms with E-state index in [1.807, 2.05) is 24.3 Å². The van der Waals surface area contributed by atoms with Gasteiger partial charge in [-0.2, -0.15) is 0 Å². The van der Waals surface area contributed by atoms with E-state index in [0.29, 0.717) is 19.6 Å². The van der Waals surface area contributed by atoms with E-state index in [1.54, 1.807) is 42.5 Å². The van der Waals surface area contributed by atoms with E-state index in [0.717, 1.165) is 17.0 Å². The number of aromatic nitrogens is 2. The summed E-state index contributed by atoms with van der Waals surface area (Å²) in [5, 5.41) is 0. The zero-order valence-corrected chi connectivity index (χ0v) is 15.0. The third kappa shape index (κ3) is 3.99. The number of methoxy groups -OCH3 is 1. The number of para-hydroxylation sites is 1. The monoisotopic (exact) mass is 354 g/mol. The van der Waals surface area contributed by atoms with Gasteiger partial charge in [0.1, 0.15) is 5.75 Å². The lowest BCUT2D eigenvalue weighted by Crippen LogP contribution is -2.34. The Hall–Kier alpha value is -2.96. The summed E-state index contributed by atoms with van der Waals surface area (Å²) in [5.74, 6) is 0.349. The molecule has 1 aliphatic rings. The Morgan fingerprint density at radius 2 is 2.15 bits per heavy atom. The Balaban J connectivity index is 1.62. The summed E-state index contributed by atoms with van der Waals surface area (Å²) in [7, 11) is 3.34. The number of rotatable bonds is 6. The van der Waals surface area contributed by atoms with Crippen LogP contribution in [-0.4, -0.2) is 52.3 Å². The van der Waals surface area contributed by atoms with Gasteiger partial charge in [-0.1, -0.05) is 18.2 Å². The lowest BCUT2D eigenvalue weighted by atomic mass is 10.1. The highest BCUT2D eigenvalue weighted by Gasteiger charge is 2.36. The van der Waals surface area contributed by atoms with Crippen molar-refractivity contribution in [3.05, 3.63) is 54.1 Å². The molecular weight excluding hydrogens is 332 g/mol. The summed E-state index contributed by atoms with van der Waals surface area (Å²) in [6, 6.07) is 7.60. The maximum Gasteiger partial charge on any atom is 0.228 e. The van der Waals surface area contributed by atoms with Crippen molar-refractivity contribution in [1.82, 2.24) is 19.8 Å². The zero-order chi connectivity index (χ0) is 18.5. The van der Waals surface area contributed by atoms with Gasteiger partial charge in [0.25, 0.3) is 0 Å². The van der Waals surface area contributed by atoms with Crippen molar-refractivity contribution in [2.75, 3.05) is 20.7 Å².